The van der Waals surface area contributed by atoms with Gasteiger partial charge in [0.25, 0.3) is 0 Å². The van der Waals surface area contributed by atoms with Crippen LogP contribution in [-0.4, -0.2) is 35.3 Å². The number of carbonyl (C=O) groups excluding carboxylic acids is 1. The normalized spacial score (nSPS) is 29.1. The van der Waals surface area contributed by atoms with Crippen molar-refractivity contribution in [3.8, 4) is 0 Å². The van der Waals surface area contributed by atoms with Crippen LogP contribution in [0.5, 0.6) is 0 Å². The summed E-state index contributed by atoms with van der Waals surface area (Å²) in [5.74, 6) is 0.830. The van der Waals surface area contributed by atoms with Crippen LogP contribution >= 0.6 is 0 Å². The number of amides is 1. The predicted octanol–water partition coefficient (Wildman–Crippen LogP) is 2.42. The fraction of sp³-hybridized carbons (Fsp3) is 0.562. The summed E-state index contributed by atoms with van der Waals surface area (Å²) in [5.41, 5.74) is 0.997. The number of benzene rings is 1. The topological polar surface area (TPSA) is 49.8 Å². The van der Waals surface area contributed by atoms with Gasteiger partial charge in [-0.2, -0.15) is 0 Å². The van der Waals surface area contributed by atoms with Gasteiger partial charge in [0.2, 0.25) is 0 Å². The third kappa shape index (κ3) is 2.80. The maximum Gasteiger partial charge on any atom is 0.410 e. The van der Waals surface area contributed by atoms with Crippen LogP contribution in [0.1, 0.15) is 24.8 Å². The Hall–Kier alpha value is -1.55. The molecule has 0 unspecified atom stereocenters. The first kappa shape index (κ1) is 13.4. The number of aliphatic hydroxyl groups is 1. The molecule has 3 rings (SSSR count). The molecule has 1 aromatic carbocycles. The van der Waals surface area contributed by atoms with E-state index in [0.717, 1.165) is 31.4 Å². The lowest BCUT2D eigenvalue weighted by molar-refractivity contribution is 0.0387. The molecule has 4 heteroatoms. The van der Waals surface area contributed by atoms with Gasteiger partial charge in [0.05, 0.1) is 6.10 Å². The first-order valence-corrected chi connectivity index (χ1v) is 7.38. The lowest BCUT2D eigenvalue weighted by Crippen LogP contribution is -2.45. The fourth-order valence-corrected chi connectivity index (χ4v) is 3.40. The Morgan fingerprint density at radius 3 is 2.85 bits per heavy atom. The molecular formula is C16H21NO3. The Bertz CT molecular complexity index is 462. The molecule has 1 N–H and O–H groups in total. The summed E-state index contributed by atoms with van der Waals surface area (Å²) in [6.07, 6.45) is 2.46. The molecule has 2 aliphatic rings. The second-order valence-corrected chi connectivity index (χ2v) is 5.84. The Morgan fingerprint density at radius 1 is 1.25 bits per heavy atom. The van der Waals surface area contributed by atoms with E-state index < -0.39 is 0 Å². The number of hydrogen-bond donors (Lipinski definition) is 1. The Morgan fingerprint density at radius 2 is 2.05 bits per heavy atom. The summed E-state index contributed by atoms with van der Waals surface area (Å²) in [7, 11) is 0. The van der Waals surface area contributed by atoms with Crippen LogP contribution in [0.3, 0.4) is 0 Å². The SMILES string of the molecule is O=C(OCc1ccccc1)N1CC[C@@H]2CC[C@H](O)[C@@H]2C1. The molecule has 1 saturated carbocycles. The van der Waals surface area contributed by atoms with E-state index in [-0.39, 0.29) is 18.1 Å². The largest absolute Gasteiger partial charge is 0.445 e. The number of hydrogen-bond acceptors (Lipinski definition) is 3. The van der Waals surface area contributed by atoms with Crippen molar-refractivity contribution in [1.82, 2.24) is 4.90 Å². The van der Waals surface area contributed by atoms with Gasteiger partial charge >= 0.3 is 6.09 Å². The average molecular weight is 275 g/mol. The van der Waals surface area contributed by atoms with E-state index in [1.54, 1.807) is 4.90 Å². The number of piperidine rings is 1. The monoisotopic (exact) mass is 275 g/mol. The molecular weight excluding hydrogens is 254 g/mol. The number of carbonyl (C=O) groups is 1. The standard InChI is InChI=1S/C16H21NO3/c18-15-7-6-13-8-9-17(10-14(13)15)16(19)20-11-12-4-2-1-3-5-12/h1-5,13-15,18H,6-11H2/t13-,14+,15-/m0/s1. The van der Waals surface area contributed by atoms with Crippen LogP contribution in [0.25, 0.3) is 0 Å². The van der Waals surface area contributed by atoms with Gasteiger partial charge in [-0.1, -0.05) is 30.3 Å². The maximum atomic E-state index is 12.1. The molecule has 1 amide bonds. The van der Waals surface area contributed by atoms with Gasteiger partial charge < -0.3 is 14.7 Å². The molecule has 0 radical (unpaired) electrons. The minimum absolute atomic E-state index is 0.244. The van der Waals surface area contributed by atoms with Crippen LogP contribution < -0.4 is 0 Å². The molecule has 1 aromatic rings. The first-order valence-electron chi connectivity index (χ1n) is 7.38. The summed E-state index contributed by atoms with van der Waals surface area (Å²) in [4.78, 5) is 13.8. The highest BCUT2D eigenvalue weighted by atomic mass is 16.6. The number of likely N-dealkylation sites (tertiary alicyclic amines) is 1. The summed E-state index contributed by atoms with van der Waals surface area (Å²) in [6, 6.07) is 9.70. The summed E-state index contributed by atoms with van der Waals surface area (Å²) >= 11 is 0. The summed E-state index contributed by atoms with van der Waals surface area (Å²) in [5, 5.41) is 9.95. The van der Waals surface area contributed by atoms with Crippen molar-refractivity contribution in [3.63, 3.8) is 0 Å². The van der Waals surface area contributed by atoms with E-state index in [1.807, 2.05) is 30.3 Å². The molecule has 1 aliphatic carbocycles. The Labute approximate surface area is 119 Å². The van der Waals surface area contributed by atoms with Crippen LogP contribution in [0.2, 0.25) is 0 Å². The van der Waals surface area contributed by atoms with Crippen molar-refractivity contribution in [3.05, 3.63) is 35.9 Å². The van der Waals surface area contributed by atoms with Gasteiger partial charge in [0.15, 0.2) is 0 Å². The number of ether oxygens (including phenoxy) is 1. The maximum absolute atomic E-state index is 12.1. The zero-order valence-electron chi connectivity index (χ0n) is 11.6. The van der Waals surface area contributed by atoms with Gasteiger partial charge in [-0.05, 0) is 30.7 Å². The van der Waals surface area contributed by atoms with Crippen molar-refractivity contribution in [2.24, 2.45) is 11.8 Å². The summed E-state index contributed by atoms with van der Waals surface area (Å²) in [6.45, 7) is 1.70. The average Bonchev–Trinajstić information content (AvgIpc) is 2.87. The van der Waals surface area contributed by atoms with Gasteiger partial charge in [-0.15, -0.1) is 0 Å². The molecule has 0 aromatic heterocycles. The molecule has 1 aliphatic heterocycles. The van der Waals surface area contributed by atoms with E-state index >= 15 is 0 Å². The van der Waals surface area contributed by atoms with Crippen molar-refractivity contribution in [1.29, 1.82) is 0 Å². The molecule has 1 heterocycles. The molecule has 0 spiro atoms. The first-order chi connectivity index (χ1) is 9.74. The molecule has 1 saturated heterocycles. The van der Waals surface area contributed by atoms with Gasteiger partial charge in [0, 0.05) is 19.0 Å². The molecule has 108 valence electrons. The molecule has 3 atom stereocenters. The highest BCUT2D eigenvalue weighted by Gasteiger charge is 2.40. The minimum atomic E-state index is -0.258. The number of fused-ring (bicyclic) bond motifs is 1. The molecule has 4 nitrogen and oxygen atoms in total. The fourth-order valence-electron chi connectivity index (χ4n) is 3.40. The Balaban J connectivity index is 1.53. The Kier molecular flexibility index (Phi) is 3.92. The highest BCUT2D eigenvalue weighted by molar-refractivity contribution is 5.67. The van der Waals surface area contributed by atoms with Crippen LogP contribution in [-0.2, 0) is 11.3 Å². The van der Waals surface area contributed by atoms with Crippen LogP contribution in [0.15, 0.2) is 30.3 Å². The van der Waals surface area contributed by atoms with E-state index in [4.69, 9.17) is 4.74 Å². The van der Waals surface area contributed by atoms with Crippen molar-refractivity contribution < 1.29 is 14.6 Å². The zero-order valence-corrected chi connectivity index (χ0v) is 11.6. The molecule has 20 heavy (non-hydrogen) atoms. The van der Waals surface area contributed by atoms with Crippen molar-refractivity contribution in [2.45, 2.75) is 32.0 Å². The number of aliphatic hydroxyl groups excluding tert-OH is 1. The van der Waals surface area contributed by atoms with Crippen LogP contribution in [0, 0.1) is 11.8 Å². The quantitative estimate of drug-likeness (QED) is 0.901. The lowest BCUT2D eigenvalue weighted by Gasteiger charge is -2.35. The van der Waals surface area contributed by atoms with Crippen molar-refractivity contribution in [2.75, 3.05) is 13.1 Å². The zero-order chi connectivity index (χ0) is 13.9. The molecule has 2 fully saturated rings. The van der Waals surface area contributed by atoms with Gasteiger partial charge in [0.1, 0.15) is 6.61 Å². The third-order valence-corrected chi connectivity index (χ3v) is 4.60. The lowest BCUT2D eigenvalue weighted by atomic mass is 9.88. The van der Waals surface area contributed by atoms with E-state index in [1.165, 1.54) is 0 Å². The van der Waals surface area contributed by atoms with Gasteiger partial charge in [-0.3, -0.25) is 0 Å². The van der Waals surface area contributed by atoms with E-state index in [0.29, 0.717) is 19.1 Å². The number of rotatable bonds is 2. The van der Waals surface area contributed by atoms with E-state index in [2.05, 4.69) is 0 Å². The number of nitrogens with zero attached hydrogens (tertiary/aromatic N) is 1. The van der Waals surface area contributed by atoms with Crippen LogP contribution in [0.4, 0.5) is 4.79 Å². The third-order valence-electron chi connectivity index (χ3n) is 4.60. The summed E-state index contributed by atoms with van der Waals surface area (Å²) < 4.78 is 5.36. The molecule has 0 bridgehead atoms. The predicted molar refractivity (Wildman–Crippen MR) is 75.0 cm³/mol. The van der Waals surface area contributed by atoms with Gasteiger partial charge in [-0.25, -0.2) is 4.79 Å². The highest BCUT2D eigenvalue weighted by Crippen LogP contribution is 2.38. The van der Waals surface area contributed by atoms with Crippen molar-refractivity contribution >= 4 is 6.09 Å². The van der Waals surface area contributed by atoms with E-state index in [9.17, 15) is 9.90 Å². The minimum Gasteiger partial charge on any atom is -0.445 e. The smallest absolute Gasteiger partial charge is 0.410 e. The second-order valence-electron chi connectivity index (χ2n) is 5.84. The second kappa shape index (κ2) is 5.83.